The summed E-state index contributed by atoms with van der Waals surface area (Å²) in [6, 6.07) is 13.2. The molecule has 1 atom stereocenters. The highest BCUT2D eigenvalue weighted by atomic mass is 32.2. The van der Waals surface area contributed by atoms with E-state index in [4.69, 9.17) is 4.74 Å². The summed E-state index contributed by atoms with van der Waals surface area (Å²) < 4.78 is 16.4. The molecule has 2 N–H and O–H groups in total. The Hall–Kier alpha value is -3.00. The van der Waals surface area contributed by atoms with Crippen LogP contribution in [0.25, 0.3) is 0 Å². The lowest BCUT2D eigenvalue weighted by Crippen LogP contribution is -2.29. The summed E-state index contributed by atoms with van der Waals surface area (Å²) in [5.41, 5.74) is 1.70. The Bertz CT molecular complexity index is 943. The van der Waals surface area contributed by atoms with E-state index in [0.717, 1.165) is 5.56 Å². The summed E-state index contributed by atoms with van der Waals surface area (Å²) in [6.07, 6.45) is 1.58. The van der Waals surface area contributed by atoms with E-state index in [2.05, 4.69) is 10.6 Å². The van der Waals surface area contributed by atoms with Crippen LogP contribution in [0.15, 0.2) is 48.5 Å². The molecule has 0 spiro atoms. The number of hydrogen-bond acceptors (Lipinski definition) is 5. The van der Waals surface area contributed by atoms with Crippen LogP contribution in [0.4, 0.5) is 5.69 Å². The molecule has 8 heteroatoms. The third-order valence-electron chi connectivity index (χ3n) is 3.98. The van der Waals surface area contributed by atoms with Gasteiger partial charge in [0.15, 0.2) is 6.61 Å². The number of carbonyl (C=O) groups is 3. The fraction of sp³-hybridized carbons (Fsp3) is 0.318. The molecular weight excluding hydrogens is 404 g/mol. The highest BCUT2D eigenvalue weighted by Crippen LogP contribution is 2.15. The predicted molar refractivity (Wildman–Crippen MR) is 117 cm³/mol. The molecule has 0 saturated heterocycles. The maximum atomic E-state index is 12.3. The second-order valence-electron chi connectivity index (χ2n) is 7.19. The van der Waals surface area contributed by atoms with Crippen LogP contribution in [0.2, 0.25) is 0 Å². The first-order valence-electron chi connectivity index (χ1n) is 9.49. The first-order valence-corrected chi connectivity index (χ1v) is 11.2. The van der Waals surface area contributed by atoms with Gasteiger partial charge in [0.2, 0.25) is 0 Å². The Morgan fingerprint density at radius 2 is 1.80 bits per heavy atom. The number of nitrogens with one attached hydrogen (secondary N) is 2. The van der Waals surface area contributed by atoms with Crippen molar-refractivity contribution in [2.75, 3.05) is 24.7 Å². The van der Waals surface area contributed by atoms with E-state index < -0.39 is 29.3 Å². The van der Waals surface area contributed by atoms with Crippen molar-refractivity contribution >= 4 is 34.3 Å². The van der Waals surface area contributed by atoms with Gasteiger partial charge in [0.1, 0.15) is 0 Å². The molecule has 0 bridgehead atoms. The number of para-hydroxylation sites is 1. The van der Waals surface area contributed by atoms with Gasteiger partial charge in [-0.1, -0.05) is 38.1 Å². The molecule has 0 saturated carbocycles. The van der Waals surface area contributed by atoms with E-state index >= 15 is 0 Å². The Kier molecular flexibility index (Phi) is 8.73. The van der Waals surface area contributed by atoms with E-state index in [0.29, 0.717) is 29.5 Å². The smallest absolute Gasteiger partial charge is 0.338 e. The van der Waals surface area contributed by atoms with Crippen LogP contribution in [0.1, 0.15) is 40.1 Å². The molecule has 7 nitrogen and oxygen atoms in total. The highest BCUT2D eigenvalue weighted by molar-refractivity contribution is 7.83. The minimum Gasteiger partial charge on any atom is -0.452 e. The molecule has 2 amide bonds. The first-order chi connectivity index (χ1) is 14.3. The first kappa shape index (κ1) is 23.3. The van der Waals surface area contributed by atoms with Crippen molar-refractivity contribution < 1.29 is 23.3 Å². The summed E-state index contributed by atoms with van der Waals surface area (Å²) in [4.78, 5) is 36.8. The molecule has 2 aromatic carbocycles. The van der Waals surface area contributed by atoms with Gasteiger partial charge in [-0.2, -0.15) is 0 Å². The van der Waals surface area contributed by atoms with Gasteiger partial charge >= 0.3 is 5.97 Å². The number of benzene rings is 2. The molecular formula is C22H26N2O5S. The minimum absolute atomic E-state index is 0.277. The van der Waals surface area contributed by atoms with Crippen LogP contribution in [-0.2, 0) is 26.1 Å². The van der Waals surface area contributed by atoms with Crippen LogP contribution in [0.5, 0.6) is 0 Å². The van der Waals surface area contributed by atoms with E-state index in [-0.39, 0.29) is 11.5 Å². The van der Waals surface area contributed by atoms with Gasteiger partial charge in [-0.25, -0.2) is 4.79 Å². The van der Waals surface area contributed by atoms with Crippen LogP contribution >= 0.6 is 0 Å². The Balaban J connectivity index is 1.96. The van der Waals surface area contributed by atoms with Gasteiger partial charge in [-0.15, -0.1) is 0 Å². The minimum atomic E-state index is -1.03. The number of rotatable bonds is 9. The molecule has 160 valence electrons. The predicted octanol–water partition coefficient (Wildman–Crippen LogP) is 2.75. The zero-order valence-electron chi connectivity index (χ0n) is 17.3. The standard InChI is InChI=1S/C22H26N2O5S/c1-15(2)12-23-21(26)18-9-4-5-10-19(18)24-20(25)13-29-22(27)17-8-6-7-16(11-17)14-30(3)28/h4-11,15H,12-14H2,1-3H3,(H,23,26)(H,24,25). The summed E-state index contributed by atoms with van der Waals surface area (Å²) in [5, 5.41) is 5.41. The van der Waals surface area contributed by atoms with Gasteiger partial charge < -0.3 is 15.4 Å². The molecule has 0 fully saturated rings. The quantitative estimate of drug-likeness (QED) is 0.596. The van der Waals surface area contributed by atoms with Crippen molar-refractivity contribution in [3.63, 3.8) is 0 Å². The highest BCUT2D eigenvalue weighted by Gasteiger charge is 2.15. The average molecular weight is 431 g/mol. The lowest BCUT2D eigenvalue weighted by Gasteiger charge is -2.12. The number of amides is 2. The molecule has 0 aromatic heterocycles. The van der Waals surface area contributed by atoms with E-state index in [9.17, 15) is 18.6 Å². The fourth-order valence-corrected chi connectivity index (χ4v) is 3.25. The van der Waals surface area contributed by atoms with Gasteiger partial charge in [0, 0.05) is 29.4 Å². The Morgan fingerprint density at radius 1 is 1.07 bits per heavy atom. The zero-order valence-corrected chi connectivity index (χ0v) is 18.1. The summed E-state index contributed by atoms with van der Waals surface area (Å²) in [7, 11) is -1.03. The molecule has 0 aliphatic rings. The van der Waals surface area contributed by atoms with Gasteiger partial charge in [-0.3, -0.25) is 13.8 Å². The molecule has 0 heterocycles. The second kappa shape index (κ2) is 11.3. The maximum Gasteiger partial charge on any atom is 0.338 e. The monoisotopic (exact) mass is 430 g/mol. The lowest BCUT2D eigenvalue weighted by atomic mass is 10.1. The second-order valence-corrected chi connectivity index (χ2v) is 8.63. The van der Waals surface area contributed by atoms with E-state index in [1.165, 1.54) is 0 Å². The third kappa shape index (κ3) is 7.44. The largest absolute Gasteiger partial charge is 0.452 e. The van der Waals surface area contributed by atoms with E-state index in [1.807, 2.05) is 13.8 Å². The molecule has 0 aliphatic carbocycles. The number of ether oxygens (including phenoxy) is 1. The van der Waals surface area contributed by atoms with Crippen molar-refractivity contribution in [1.82, 2.24) is 5.32 Å². The summed E-state index contributed by atoms with van der Waals surface area (Å²) in [5.74, 6) is -0.875. The van der Waals surface area contributed by atoms with Crippen molar-refractivity contribution in [3.8, 4) is 0 Å². The topological polar surface area (TPSA) is 102 Å². The van der Waals surface area contributed by atoms with Crippen molar-refractivity contribution in [3.05, 3.63) is 65.2 Å². The number of anilines is 1. The van der Waals surface area contributed by atoms with Crippen LogP contribution in [0.3, 0.4) is 0 Å². The lowest BCUT2D eigenvalue weighted by molar-refractivity contribution is -0.119. The molecule has 2 rings (SSSR count). The van der Waals surface area contributed by atoms with Gasteiger partial charge in [-0.05, 0) is 35.7 Å². The van der Waals surface area contributed by atoms with Crippen LogP contribution < -0.4 is 10.6 Å². The van der Waals surface area contributed by atoms with Crippen LogP contribution in [0, 0.1) is 5.92 Å². The number of carbonyl (C=O) groups excluding carboxylic acids is 3. The fourth-order valence-electron chi connectivity index (χ4n) is 2.61. The van der Waals surface area contributed by atoms with Crippen LogP contribution in [-0.4, -0.2) is 41.4 Å². The molecule has 0 radical (unpaired) electrons. The van der Waals surface area contributed by atoms with Crippen molar-refractivity contribution in [2.24, 2.45) is 5.92 Å². The van der Waals surface area contributed by atoms with Gasteiger partial charge in [0.05, 0.1) is 16.8 Å². The number of esters is 1. The Morgan fingerprint density at radius 3 is 2.50 bits per heavy atom. The SMILES string of the molecule is CC(C)CNC(=O)c1ccccc1NC(=O)COC(=O)c1cccc(CS(C)=O)c1. The summed E-state index contributed by atoms with van der Waals surface area (Å²) >= 11 is 0. The third-order valence-corrected chi connectivity index (χ3v) is 4.72. The molecule has 1 unspecified atom stereocenters. The maximum absolute atomic E-state index is 12.3. The normalized spacial score (nSPS) is 11.6. The van der Waals surface area contributed by atoms with Gasteiger partial charge in [0.25, 0.3) is 11.8 Å². The summed E-state index contributed by atoms with van der Waals surface area (Å²) in [6.45, 7) is 3.99. The number of hydrogen-bond donors (Lipinski definition) is 2. The van der Waals surface area contributed by atoms with Crippen molar-refractivity contribution in [1.29, 1.82) is 0 Å². The molecule has 0 aliphatic heterocycles. The van der Waals surface area contributed by atoms with E-state index in [1.54, 1.807) is 54.8 Å². The molecule has 30 heavy (non-hydrogen) atoms. The zero-order chi connectivity index (χ0) is 22.1. The molecule has 2 aromatic rings. The van der Waals surface area contributed by atoms with Crippen molar-refractivity contribution in [2.45, 2.75) is 19.6 Å². The average Bonchev–Trinajstić information content (AvgIpc) is 2.70. The Labute approximate surface area is 178 Å².